The molecule has 106 valence electrons. The highest BCUT2D eigenvalue weighted by atomic mass is 32.1. The number of fused-ring (bicyclic) bond motifs is 1. The van der Waals surface area contributed by atoms with Gasteiger partial charge in [0.25, 0.3) is 0 Å². The first-order valence-electron chi connectivity index (χ1n) is 6.34. The summed E-state index contributed by atoms with van der Waals surface area (Å²) in [5, 5.41) is 3.43. The Hall–Kier alpha value is -2.47. The van der Waals surface area contributed by atoms with Gasteiger partial charge < -0.3 is 9.72 Å². The van der Waals surface area contributed by atoms with Crippen LogP contribution >= 0.6 is 11.3 Å². The molecule has 0 bridgehead atoms. The monoisotopic (exact) mass is 300 g/mol. The topological polar surface area (TPSA) is 72.0 Å². The molecular formula is C15H12N2O3S. The number of aromatic nitrogens is 2. The second kappa shape index (κ2) is 5.49. The lowest BCUT2D eigenvalue weighted by Crippen LogP contribution is -2.13. The number of H-pyrrole nitrogens is 1. The van der Waals surface area contributed by atoms with Gasteiger partial charge in [-0.3, -0.25) is 4.79 Å². The Labute approximate surface area is 124 Å². The maximum atomic E-state index is 12.2. The zero-order chi connectivity index (χ0) is 14.8. The quantitative estimate of drug-likeness (QED) is 0.755. The summed E-state index contributed by atoms with van der Waals surface area (Å²) in [5.74, 6) is -0.525. The molecule has 5 nitrogen and oxygen atoms in total. The fraction of sp³-hybridized carbons (Fsp3) is 0.133. The Kier molecular flexibility index (Phi) is 3.53. The summed E-state index contributed by atoms with van der Waals surface area (Å²) in [6.07, 6.45) is 0. The van der Waals surface area contributed by atoms with Crippen LogP contribution in [-0.4, -0.2) is 15.9 Å². The summed E-state index contributed by atoms with van der Waals surface area (Å²) in [7, 11) is 0. The normalized spacial score (nSPS) is 10.7. The number of benzene rings is 1. The molecule has 1 aromatic carbocycles. The van der Waals surface area contributed by atoms with Crippen LogP contribution in [0.1, 0.15) is 21.1 Å². The molecule has 0 aliphatic rings. The first-order valence-corrected chi connectivity index (χ1v) is 7.21. The van der Waals surface area contributed by atoms with E-state index in [-0.39, 0.29) is 17.7 Å². The number of rotatable bonds is 3. The number of nitrogens with zero attached hydrogens (tertiary/aromatic N) is 1. The van der Waals surface area contributed by atoms with Gasteiger partial charge in [0, 0.05) is 22.3 Å². The molecule has 0 aliphatic carbocycles. The summed E-state index contributed by atoms with van der Waals surface area (Å²) in [6, 6.07) is 8.38. The minimum Gasteiger partial charge on any atom is -0.456 e. The lowest BCUT2D eigenvalue weighted by Gasteiger charge is -2.06. The van der Waals surface area contributed by atoms with Crippen LogP contribution in [0.4, 0.5) is 0 Å². The van der Waals surface area contributed by atoms with Gasteiger partial charge in [-0.25, -0.2) is 9.78 Å². The molecule has 0 radical (unpaired) electrons. The number of thiazole rings is 1. The number of esters is 1. The highest BCUT2D eigenvalue weighted by Gasteiger charge is 2.13. The Balaban J connectivity index is 1.89. The van der Waals surface area contributed by atoms with Gasteiger partial charge in [0.2, 0.25) is 5.56 Å². The number of ether oxygens (including phenoxy) is 1. The number of hydrogen-bond acceptors (Lipinski definition) is 5. The largest absolute Gasteiger partial charge is 0.456 e. The fourth-order valence-electron chi connectivity index (χ4n) is 2.07. The van der Waals surface area contributed by atoms with Gasteiger partial charge in [-0.2, -0.15) is 0 Å². The number of aromatic amines is 1. The lowest BCUT2D eigenvalue weighted by molar-refractivity contribution is 0.0470. The Morgan fingerprint density at radius 2 is 2.19 bits per heavy atom. The van der Waals surface area contributed by atoms with E-state index in [0.717, 1.165) is 5.01 Å². The van der Waals surface area contributed by atoms with Gasteiger partial charge in [0.1, 0.15) is 6.61 Å². The number of aryl methyl sites for hydroxylation is 1. The zero-order valence-corrected chi connectivity index (χ0v) is 12.1. The van der Waals surface area contributed by atoms with Gasteiger partial charge in [0.15, 0.2) is 0 Å². The Morgan fingerprint density at radius 1 is 1.38 bits per heavy atom. The van der Waals surface area contributed by atoms with Crippen molar-refractivity contribution >= 4 is 28.2 Å². The second-order valence-corrected chi connectivity index (χ2v) is 5.59. The van der Waals surface area contributed by atoms with Gasteiger partial charge in [-0.15, -0.1) is 11.3 Å². The lowest BCUT2D eigenvalue weighted by atomic mass is 10.1. The minimum absolute atomic E-state index is 0.101. The molecule has 0 amide bonds. The van der Waals surface area contributed by atoms with Crippen molar-refractivity contribution in [2.75, 3.05) is 0 Å². The van der Waals surface area contributed by atoms with Crippen LogP contribution in [0, 0.1) is 6.92 Å². The molecule has 2 heterocycles. The van der Waals surface area contributed by atoms with Crippen LogP contribution < -0.4 is 5.56 Å². The third-order valence-corrected chi connectivity index (χ3v) is 3.81. The summed E-state index contributed by atoms with van der Waals surface area (Å²) in [4.78, 5) is 30.7. The molecule has 3 rings (SSSR count). The van der Waals surface area contributed by atoms with Crippen LogP contribution in [0.5, 0.6) is 0 Å². The number of nitrogens with one attached hydrogen (secondary N) is 1. The molecule has 1 N–H and O–H groups in total. The van der Waals surface area contributed by atoms with E-state index in [9.17, 15) is 9.59 Å². The van der Waals surface area contributed by atoms with Gasteiger partial charge in [0.05, 0.1) is 16.3 Å². The first-order chi connectivity index (χ1) is 10.1. The van der Waals surface area contributed by atoms with Crippen molar-refractivity contribution in [3.8, 4) is 0 Å². The molecule has 0 saturated heterocycles. The van der Waals surface area contributed by atoms with Crippen LogP contribution in [0.3, 0.4) is 0 Å². The number of hydrogen-bond donors (Lipinski definition) is 1. The number of carbonyl (C=O) groups is 1. The minimum atomic E-state index is -0.525. The maximum Gasteiger partial charge on any atom is 0.339 e. The highest BCUT2D eigenvalue weighted by Crippen LogP contribution is 2.16. The van der Waals surface area contributed by atoms with E-state index in [1.807, 2.05) is 12.3 Å². The molecule has 21 heavy (non-hydrogen) atoms. The molecule has 0 spiro atoms. The van der Waals surface area contributed by atoms with E-state index in [0.29, 0.717) is 16.6 Å². The van der Waals surface area contributed by atoms with Crippen molar-refractivity contribution < 1.29 is 9.53 Å². The third-order valence-electron chi connectivity index (χ3n) is 2.99. The molecule has 0 saturated carbocycles. The van der Waals surface area contributed by atoms with Crippen molar-refractivity contribution in [2.45, 2.75) is 13.5 Å². The first kappa shape index (κ1) is 13.5. The van der Waals surface area contributed by atoms with E-state index in [1.54, 1.807) is 24.3 Å². The second-order valence-electron chi connectivity index (χ2n) is 4.53. The van der Waals surface area contributed by atoms with Crippen LogP contribution in [-0.2, 0) is 11.3 Å². The average molecular weight is 300 g/mol. The van der Waals surface area contributed by atoms with Crippen molar-refractivity contribution in [1.29, 1.82) is 0 Å². The SMILES string of the molecule is Cc1nc(COC(=O)c2cc(=O)[nH]c3ccccc23)cs1. The van der Waals surface area contributed by atoms with E-state index in [1.165, 1.54) is 17.4 Å². The van der Waals surface area contributed by atoms with Crippen LogP contribution in [0.25, 0.3) is 10.9 Å². The molecule has 0 atom stereocenters. The third kappa shape index (κ3) is 2.85. The summed E-state index contributed by atoms with van der Waals surface area (Å²) in [6.45, 7) is 1.99. The fourth-order valence-corrected chi connectivity index (χ4v) is 2.66. The molecular weight excluding hydrogens is 288 g/mol. The highest BCUT2D eigenvalue weighted by molar-refractivity contribution is 7.09. The molecule has 0 fully saturated rings. The van der Waals surface area contributed by atoms with Gasteiger partial charge in [-0.1, -0.05) is 18.2 Å². The molecule has 3 aromatic rings. The van der Waals surface area contributed by atoms with E-state index in [2.05, 4.69) is 9.97 Å². The zero-order valence-electron chi connectivity index (χ0n) is 11.3. The Morgan fingerprint density at radius 3 is 2.95 bits per heavy atom. The number of carbonyl (C=O) groups excluding carboxylic acids is 1. The standard InChI is InChI=1S/C15H12N2O3S/c1-9-16-10(8-21-9)7-20-15(19)12-6-14(18)17-13-5-3-2-4-11(12)13/h2-6,8H,7H2,1H3,(H,17,18). The van der Waals surface area contributed by atoms with Crippen molar-refractivity contribution in [3.05, 3.63) is 62.3 Å². The smallest absolute Gasteiger partial charge is 0.339 e. The summed E-state index contributed by atoms with van der Waals surface area (Å²) >= 11 is 1.50. The predicted molar refractivity (Wildman–Crippen MR) is 80.5 cm³/mol. The molecule has 2 aromatic heterocycles. The van der Waals surface area contributed by atoms with Crippen LogP contribution in [0.15, 0.2) is 40.5 Å². The molecule has 0 aliphatic heterocycles. The maximum absolute atomic E-state index is 12.2. The predicted octanol–water partition coefficient (Wildman–Crippen LogP) is 2.65. The molecule has 6 heteroatoms. The van der Waals surface area contributed by atoms with Gasteiger partial charge in [-0.05, 0) is 13.0 Å². The van der Waals surface area contributed by atoms with Crippen LogP contribution in [0.2, 0.25) is 0 Å². The van der Waals surface area contributed by atoms with Crippen molar-refractivity contribution in [3.63, 3.8) is 0 Å². The summed E-state index contributed by atoms with van der Waals surface area (Å²) < 4.78 is 5.24. The number of para-hydroxylation sites is 1. The van der Waals surface area contributed by atoms with Crippen molar-refractivity contribution in [1.82, 2.24) is 9.97 Å². The van der Waals surface area contributed by atoms with Gasteiger partial charge >= 0.3 is 5.97 Å². The number of pyridine rings is 1. The van der Waals surface area contributed by atoms with E-state index >= 15 is 0 Å². The molecule has 0 unspecified atom stereocenters. The van der Waals surface area contributed by atoms with E-state index < -0.39 is 5.97 Å². The summed E-state index contributed by atoms with van der Waals surface area (Å²) in [5.41, 5.74) is 1.26. The Bertz CT molecular complexity index is 866. The van der Waals surface area contributed by atoms with Crippen molar-refractivity contribution in [2.24, 2.45) is 0 Å². The van der Waals surface area contributed by atoms with E-state index in [4.69, 9.17) is 4.74 Å². The average Bonchev–Trinajstić information content (AvgIpc) is 2.89.